The normalized spacial score (nSPS) is 13.1. The zero-order chi connectivity index (χ0) is 21.7. The summed E-state index contributed by atoms with van der Waals surface area (Å²) in [4.78, 5) is 40.9. The molecular formula is C24H29N3O3. The second kappa shape index (κ2) is 9.67. The summed E-state index contributed by atoms with van der Waals surface area (Å²) < 4.78 is 0. The Morgan fingerprint density at radius 3 is 2.47 bits per heavy atom. The molecule has 1 heterocycles. The van der Waals surface area contributed by atoms with Gasteiger partial charge in [-0.15, -0.1) is 0 Å². The maximum atomic E-state index is 12.5. The van der Waals surface area contributed by atoms with Crippen molar-refractivity contribution in [3.8, 4) is 0 Å². The van der Waals surface area contributed by atoms with E-state index in [1.54, 1.807) is 12.1 Å². The number of carbonyl (C=O) groups is 3. The Bertz CT molecular complexity index is 950. The third-order valence-electron chi connectivity index (χ3n) is 5.42. The van der Waals surface area contributed by atoms with Gasteiger partial charge in [0.05, 0.1) is 11.1 Å². The molecule has 1 aliphatic heterocycles. The zero-order valence-corrected chi connectivity index (χ0v) is 17.9. The van der Waals surface area contributed by atoms with Crippen LogP contribution in [0.1, 0.15) is 58.5 Å². The highest BCUT2D eigenvalue weighted by Gasteiger charge is 2.34. The van der Waals surface area contributed by atoms with Crippen LogP contribution >= 0.6 is 0 Å². The first-order valence-electron chi connectivity index (χ1n) is 10.5. The quantitative estimate of drug-likeness (QED) is 0.641. The molecule has 3 amide bonds. The van der Waals surface area contributed by atoms with Crippen molar-refractivity contribution in [2.45, 2.75) is 40.2 Å². The second-order valence-electron chi connectivity index (χ2n) is 7.62. The van der Waals surface area contributed by atoms with Crippen molar-refractivity contribution in [3.63, 3.8) is 0 Å². The monoisotopic (exact) mass is 407 g/mol. The minimum Gasteiger partial charge on any atom is -0.326 e. The molecule has 0 aliphatic carbocycles. The first-order valence-corrected chi connectivity index (χ1v) is 10.5. The standard InChI is InChI=1S/C24H29N3O3/c1-4-26(5-2)16-18-8-6-9-19(15-18)25-22(28)10-7-13-27-23(29)20-12-11-17(3)14-21(20)24(27)30/h6,8-9,11-12,14-15H,4-5,7,10,13,16H2,1-3H3,(H,25,28). The molecule has 1 aliphatic rings. The molecule has 2 aromatic rings. The predicted molar refractivity (Wildman–Crippen MR) is 117 cm³/mol. The van der Waals surface area contributed by atoms with E-state index in [0.717, 1.165) is 36.4 Å². The summed E-state index contributed by atoms with van der Waals surface area (Å²) in [6, 6.07) is 13.1. The van der Waals surface area contributed by atoms with Gasteiger partial charge in [-0.1, -0.05) is 37.6 Å². The SMILES string of the molecule is CCN(CC)Cc1cccc(NC(=O)CCCN2C(=O)c3ccc(C)cc3C2=O)c1. The van der Waals surface area contributed by atoms with Crippen LogP contribution in [0.15, 0.2) is 42.5 Å². The number of hydrogen-bond donors (Lipinski definition) is 1. The second-order valence-corrected chi connectivity index (χ2v) is 7.62. The largest absolute Gasteiger partial charge is 0.326 e. The molecule has 0 bridgehead atoms. The molecule has 0 atom stereocenters. The van der Waals surface area contributed by atoms with Gasteiger partial charge in [0.15, 0.2) is 0 Å². The number of amides is 3. The van der Waals surface area contributed by atoms with Crippen molar-refractivity contribution in [1.29, 1.82) is 0 Å². The summed E-state index contributed by atoms with van der Waals surface area (Å²) in [5.41, 5.74) is 3.76. The van der Waals surface area contributed by atoms with Crippen LogP contribution in [0.2, 0.25) is 0 Å². The fraction of sp³-hybridized carbons (Fsp3) is 0.375. The van der Waals surface area contributed by atoms with Crippen molar-refractivity contribution in [2.75, 3.05) is 25.0 Å². The molecular weight excluding hydrogens is 378 g/mol. The maximum absolute atomic E-state index is 12.5. The Balaban J connectivity index is 1.51. The highest BCUT2D eigenvalue weighted by atomic mass is 16.2. The zero-order valence-electron chi connectivity index (χ0n) is 17.9. The van der Waals surface area contributed by atoms with Crippen LogP contribution < -0.4 is 5.32 Å². The fourth-order valence-corrected chi connectivity index (χ4v) is 3.68. The number of imide groups is 1. The average Bonchev–Trinajstić information content (AvgIpc) is 2.96. The van der Waals surface area contributed by atoms with Crippen molar-refractivity contribution in [1.82, 2.24) is 9.80 Å². The number of hydrogen-bond acceptors (Lipinski definition) is 4. The Hall–Kier alpha value is -2.99. The third-order valence-corrected chi connectivity index (χ3v) is 5.42. The summed E-state index contributed by atoms with van der Waals surface area (Å²) >= 11 is 0. The van der Waals surface area contributed by atoms with Gasteiger partial charge in [0.1, 0.15) is 0 Å². The van der Waals surface area contributed by atoms with Gasteiger partial charge in [0, 0.05) is 25.2 Å². The molecule has 0 saturated heterocycles. The van der Waals surface area contributed by atoms with Crippen LogP contribution in [0.4, 0.5) is 5.69 Å². The number of anilines is 1. The van der Waals surface area contributed by atoms with E-state index in [-0.39, 0.29) is 30.7 Å². The predicted octanol–water partition coefficient (Wildman–Crippen LogP) is 3.85. The van der Waals surface area contributed by atoms with Crippen LogP contribution in [-0.4, -0.2) is 47.2 Å². The molecule has 158 valence electrons. The van der Waals surface area contributed by atoms with E-state index >= 15 is 0 Å². The summed E-state index contributed by atoms with van der Waals surface area (Å²) in [5, 5.41) is 2.92. The lowest BCUT2D eigenvalue weighted by molar-refractivity contribution is -0.116. The van der Waals surface area contributed by atoms with Gasteiger partial charge in [0.2, 0.25) is 5.91 Å². The highest BCUT2D eigenvalue weighted by Crippen LogP contribution is 2.24. The van der Waals surface area contributed by atoms with Gasteiger partial charge in [0.25, 0.3) is 11.8 Å². The topological polar surface area (TPSA) is 69.7 Å². The van der Waals surface area contributed by atoms with E-state index in [4.69, 9.17) is 0 Å². The number of fused-ring (bicyclic) bond motifs is 1. The Kier molecular flexibility index (Phi) is 7.00. The molecule has 3 rings (SSSR count). The van der Waals surface area contributed by atoms with E-state index in [2.05, 4.69) is 30.1 Å². The first-order chi connectivity index (χ1) is 14.4. The van der Waals surface area contributed by atoms with Crippen molar-refractivity contribution in [3.05, 3.63) is 64.7 Å². The van der Waals surface area contributed by atoms with E-state index < -0.39 is 0 Å². The van der Waals surface area contributed by atoms with Crippen molar-refractivity contribution < 1.29 is 14.4 Å². The first kappa shape index (κ1) is 21.7. The van der Waals surface area contributed by atoms with Crippen LogP contribution in [0, 0.1) is 6.92 Å². The fourth-order valence-electron chi connectivity index (χ4n) is 3.68. The highest BCUT2D eigenvalue weighted by molar-refractivity contribution is 6.21. The van der Waals surface area contributed by atoms with Crippen molar-refractivity contribution in [2.24, 2.45) is 0 Å². The maximum Gasteiger partial charge on any atom is 0.261 e. The number of carbonyl (C=O) groups excluding carboxylic acids is 3. The molecule has 6 heteroatoms. The van der Waals surface area contributed by atoms with Crippen molar-refractivity contribution >= 4 is 23.4 Å². The molecule has 30 heavy (non-hydrogen) atoms. The van der Waals surface area contributed by atoms with E-state index in [0.29, 0.717) is 17.5 Å². The van der Waals surface area contributed by atoms with E-state index in [1.807, 2.05) is 31.2 Å². The molecule has 0 aromatic heterocycles. The van der Waals surface area contributed by atoms with Crippen LogP contribution in [0.25, 0.3) is 0 Å². The summed E-state index contributed by atoms with van der Waals surface area (Å²) in [6.45, 7) is 9.18. The molecule has 0 fully saturated rings. The van der Waals surface area contributed by atoms with Crippen LogP contribution in [-0.2, 0) is 11.3 Å². The lowest BCUT2D eigenvalue weighted by atomic mass is 10.1. The average molecular weight is 408 g/mol. The van der Waals surface area contributed by atoms with E-state index in [1.165, 1.54) is 4.90 Å². The minimum atomic E-state index is -0.278. The number of nitrogens with zero attached hydrogens (tertiary/aromatic N) is 2. The molecule has 1 N–H and O–H groups in total. The van der Waals surface area contributed by atoms with Gasteiger partial charge in [-0.2, -0.15) is 0 Å². The van der Waals surface area contributed by atoms with Gasteiger partial charge < -0.3 is 5.32 Å². The summed E-state index contributed by atoms with van der Waals surface area (Å²) in [7, 11) is 0. The Labute approximate surface area is 177 Å². The summed E-state index contributed by atoms with van der Waals surface area (Å²) in [6.07, 6.45) is 0.669. The third kappa shape index (κ3) is 4.94. The molecule has 6 nitrogen and oxygen atoms in total. The molecule has 2 aromatic carbocycles. The molecule has 0 unspecified atom stereocenters. The van der Waals surface area contributed by atoms with Crippen LogP contribution in [0.3, 0.4) is 0 Å². The molecule has 0 spiro atoms. The Morgan fingerprint density at radius 2 is 1.73 bits per heavy atom. The van der Waals surface area contributed by atoms with Gasteiger partial charge >= 0.3 is 0 Å². The molecule has 0 radical (unpaired) electrons. The lowest BCUT2D eigenvalue weighted by Crippen LogP contribution is -2.31. The molecule has 0 saturated carbocycles. The lowest BCUT2D eigenvalue weighted by Gasteiger charge is -2.18. The van der Waals surface area contributed by atoms with Gasteiger partial charge in [-0.3, -0.25) is 24.2 Å². The number of rotatable bonds is 9. The van der Waals surface area contributed by atoms with Gasteiger partial charge in [-0.05, 0) is 56.3 Å². The van der Waals surface area contributed by atoms with E-state index in [9.17, 15) is 14.4 Å². The number of aryl methyl sites for hydroxylation is 1. The number of benzene rings is 2. The Morgan fingerprint density at radius 1 is 1.00 bits per heavy atom. The van der Waals surface area contributed by atoms with Crippen LogP contribution in [0.5, 0.6) is 0 Å². The smallest absolute Gasteiger partial charge is 0.261 e. The number of nitrogens with one attached hydrogen (secondary N) is 1. The summed E-state index contributed by atoms with van der Waals surface area (Å²) in [5.74, 6) is -0.676. The minimum absolute atomic E-state index is 0.123. The van der Waals surface area contributed by atoms with Gasteiger partial charge in [-0.25, -0.2) is 0 Å².